The molecular weight excluding hydrogens is 1140 g/mol. The number of aromatic nitrogens is 1. The number of urea groups is 1. The lowest BCUT2D eigenvalue weighted by Gasteiger charge is -2.44. The van der Waals surface area contributed by atoms with Crippen molar-refractivity contribution in [2.24, 2.45) is 28.9 Å². The Bertz CT molecular complexity index is 2720. The lowest BCUT2D eigenvalue weighted by Crippen LogP contribution is -2.61. The molecule has 1 aliphatic carbocycles. The van der Waals surface area contributed by atoms with Crippen LogP contribution in [-0.2, 0) is 44.7 Å². The normalized spacial score (nSPS) is 20.4. The minimum Gasteiger partial charge on any atom is -0.481 e. The Morgan fingerprint density at radius 3 is 2.22 bits per heavy atom. The van der Waals surface area contributed by atoms with Gasteiger partial charge in [-0.1, -0.05) is 67.9 Å². The van der Waals surface area contributed by atoms with E-state index in [2.05, 4.69) is 43.7 Å². The van der Waals surface area contributed by atoms with Gasteiger partial charge in [0, 0.05) is 67.8 Å². The number of nitrogens with zero attached hydrogens (tertiary/aromatic N) is 4. The molecule has 484 valence electrons. The predicted molar refractivity (Wildman–Crippen MR) is 330 cm³/mol. The molecule has 0 radical (unpaired) electrons. The molecule has 0 spiro atoms. The summed E-state index contributed by atoms with van der Waals surface area (Å²) < 4.78 is 6.11. The van der Waals surface area contributed by atoms with Crippen LogP contribution in [0.15, 0.2) is 35.7 Å². The van der Waals surface area contributed by atoms with Crippen molar-refractivity contribution in [3.05, 3.63) is 57.6 Å². The number of likely N-dealkylation sites (N-methyl/N-ethyl adjacent to an activating group) is 2. The number of nitrogens with two attached hydrogens (primary N) is 1. The molecule has 87 heavy (non-hydrogen) atoms. The van der Waals surface area contributed by atoms with Crippen LogP contribution in [0.4, 0.5) is 10.5 Å². The number of amides is 9. The molecule has 25 heteroatoms. The quantitative estimate of drug-likeness (QED) is 0.0249. The van der Waals surface area contributed by atoms with E-state index >= 15 is 4.79 Å². The second-order valence-corrected chi connectivity index (χ2v) is 25.6. The summed E-state index contributed by atoms with van der Waals surface area (Å²) in [5, 5.41) is 52.2. The van der Waals surface area contributed by atoms with Gasteiger partial charge in [0.15, 0.2) is 6.29 Å². The first-order valence-corrected chi connectivity index (χ1v) is 31.9. The van der Waals surface area contributed by atoms with Crippen molar-refractivity contribution in [1.82, 2.24) is 46.3 Å². The first kappa shape index (κ1) is 71.2. The number of aliphatic hydroxyl groups is 2. The van der Waals surface area contributed by atoms with E-state index in [0.717, 1.165) is 29.2 Å². The van der Waals surface area contributed by atoms with Crippen LogP contribution >= 0.6 is 11.3 Å². The van der Waals surface area contributed by atoms with Gasteiger partial charge in [0.1, 0.15) is 35.1 Å². The zero-order valence-electron chi connectivity index (χ0n) is 52.7. The summed E-state index contributed by atoms with van der Waals surface area (Å²) in [5.41, 5.74) is 6.21. The molecule has 1 saturated heterocycles. The molecule has 24 nitrogen and oxygen atoms in total. The van der Waals surface area contributed by atoms with Crippen molar-refractivity contribution in [2.75, 3.05) is 38.5 Å². The number of anilines is 1. The number of carboxylic acids is 1. The molecule has 11 atom stereocenters. The lowest BCUT2D eigenvalue weighted by molar-refractivity contribution is -0.150. The molecular formula is C62H97N11O13S. The topological polar surface area (TPSA) is 344 Å². The first-order chi connectivity index (χ1) is 41.1. The van der Waals surface area contributed by atoms with Crippen LogP contribution in [-0.4, -0.2) is 170 Å². The van der Waals surface area contributed by atoms with Gasteiger partial charge in [-0.25, -0.2) is 9.78 Å². The van der Waals surface area contributed by atoms with Crippen LogP contribution in [0.2, 0.25) is 0 Å². The van der Waals surface area contributed by atoms with Gasteiger partial charge in [-0.05, 0) is 138 Å². The van der Waals surface area contributed by atoms with Gasteiger partial charge in [0.25, 0.3) is 17.7 Å². The van der Waals surface area contributed by atoms with E-state index < -0.39 is 84.0 Å². The number of carboxylic acid groups (broad SMARTS) is 1. The molecule has 11 N–H and O–H groups in total. The maximum atomic E-state index is 15.1. The van der Waals surface area contributed by atoms with E-state index in [1.807, 2.05) is 48.6 Å². The molecule has 1 fully saturated rings. The highest BCUT2D eigenvalue weighted by Crippen LogP contribution is 2.37. The number of hydrogen-bond acceptors (Lipinski definition) is 16. The number of ether oxygens (including phenoxy) is 1. The smallest absolute Gasteiger partial charge is 0.312 e. The number of unbranched alkanes of at least 4 members (excludes halogenated alkanes) is 2. The van der Waals surface area contributed by atoms with Gasteiger partial charge < -0.3 is 62.6 Å². The number of carbonyl (C=O) groups excluding carboxylic acids is 8. The first-order valence-electron chi connectivity index (χ1n) is 31.0. The van der Waals surface area contributed by atoms with Crippen LogP contribution in [0, 0.1) is 23.2 Å². The number of benzene rings is 1. The van der Waals surface area contributed by atoms with Crippen molar-refractivity contribution >= 4 is 70.4 Å². The number of nitrogens with one attached hydrogen (secondary N) is 6. The Labute approximate surface area is 516 Å². The number of likely N-dealkylation sites (tertiary alicyclic amines) is 1. The number of imide groups is 1. The maximum absolute atomic E-state index is 15.1. The van der Waals surface area contributed by atoms with Crippen molar-refractivity contribution in [1.29, 1.82) is 0 Å². The molecule has 2 aromatic rings. The molecule has 1 aromatic carbocycles. The maximum Gasteiger partial charge on any atom is 0.312 e. The van der Waals surface area contributed by atoms with Gasteiger partial charge in [-0.2, -0.15) is 0 Å². The zero-order chi connectivity index (χ0) is 64.4. The number of carbonyl (C=O) groups is 9. The van der Waals surface area contributed by atoms with Gasteiger partial charge in [-0.15, -0.1) is 11.3 Å². The number of fused-ring (bicyclic) bond motifs is 1. The summed E-state index contributed by atoms with van der Waals surface area (Å²) >= 11 is 1.16. The lowest BCUT2D eigenvalue weighted by atomic mass is 9.76. The van der Waals surface area contributed by atoms with Crippen molar-refractivity contribution in [3.63, 3.8) is 0 Å². The third kappa shape index (κ3) is 20.0. The largest absolute Gasteiger partial charge is 0.481 e. The van der Waals surface area contributed by atoms with E-state index in [4.69, 9.17) is 15.5 Å². The minimum atomic E-state index is -1.45. The zero-order valence-corrected chi connectivity index (χ0v) is 53.5. The Balaban J connectivity index is 1.27. The van der Waals surface area contributed by atoms with E-state index in [-0.39, 0.29) is 105 Å². The Hall–Kier alpha value is -6.54. The van der Waals surface area contributed by atoms with E-state index in [9.17, 15) is 53.7 Å². The van der Waals surface area contributed by atoms with Crippen LogP contribution in [0.3, 0.4) is 0 Å². The van der Waals surface area contributed by atoms with Crippen LogP contribution in [0.25, 0.3) is 0 Å². The third-order valence-corrected chi connectivity index (χ3v) is 18.5. The van der Waals surface area contributed by atoms with Gasteiger partial charge in [-0.3, -0.25) is 48.2 Å². The molecule has 11 unspecified atom stereocenters. The minimum absolute atomic E-state index is 0.0149. The average Bonchev–Trinajstić information content (AvgIpc) is 4.01. The number of aliphatic carboxylic acids is 1. The number of aliphatic hydroxyl groups excluding tert-OH is 2. The highest BCUT2D eigenvalue weighted by atomic mass is 32.1. The number of thiazole rings is 1. The fourth-order valence-corrected chi connectivity index (χ4v) is 12.6. The Morgan fingerprint density at radius 2 is 1.61 bits per heavy atom. The number of piperidine rings is 1. The second kappa shape index (κ2) is 33.2. The number of primary amides is 1. The molecule has 2 aliphatic heterocycles. The molecule has 9 amide bonds. The number of rotatable bonds is 34. The van der Waals surface area contributed by atoms with Gasteiger partial charge in [0.2, 0.25) is 23.6 Å². The summed E-state index contributed by atoms with van der Waals surface area (Å²) in [6, 6.07) is 0.00764. The summed E-state index contributed by atoms with van der Waals surface area (Å²) in [5.74, 6) is -4.94. The van der Waals surface area contributed by atoms with E-state index in [1.165, 1.54) is 19.1 Å². The molecule has 3 aliphatic rings. The van der Waals surface area contributed by atoms with E-state index in [0.29, 0.717) is 72.8 Å². The van der Waals surface area contributed by atoms with Crippen molar-refractivity contribution in [2.45, 2.75) is 213 Å². The fourth-order valence-electron chi connectivity index (χ4n) is 11.8. The highest BCUT2D eigenvalue weighted by Gasteiger charge is 2.44. The summed E-state index contributed by atoms with van der Waals surface area (Å²) in [6.45, 7) is 20.6. The molecule has 1 aromatic heterocycles. The second-order valence-electron chi connectivity index (χ2n) is 24.7. The molecule has 0 saturated carbocycles. The third-order valence-electron chi connectivity index (χ3n) is 17.5. The Morgan fingerprint density at radius 1 is 0.920 bits per heavy atom. The monoisotopic (exact) mass is 1240 g/mol. The molecule has 0 bridgehead atoms. The van der Waals surface area contributed by atoms with Gasteiger partial charge >= 0.3 is 12.0 Å². The van der Waals surface area contributed by atoms with Crippen LogP contribution in [0.1, 0.15) is 185 Å². The van der Waals surface area contributed by atoms with Crippen LogP contribution in [0.5, 0.6) is 0 Å². The summed E-state index contributed by atoms with van der Waals surface area (Å²) in [7, 11) is 1.95. The average molecular weight is 1240 g/mol. The van der Waals surface area contributed by atoms with Gasteiger partial charge in [0.05, 0.1) is 18.0 Å². The summed E-state index contributed by atoms with van der Waals surface area (Å²) in [4.78, 5) is 128. The van der Waals surface area contributed by atoms with Crippen LogP contribution < -0.4 is 37.6 Å². The number of hydrogen-bond donors (Lipinski definition) is 10. The molecule has 3 heterocycles. The predicted octanol–water partition coefficient (Wildman–Crippen LogP) is 5.05. The fraction of sp³-hybridized carbons (Fsp3) is 0.677. The van der Waals surface area contributed by atoms with Crippen molar-refractivity contribution < 1.29 is 63.2 Å². The van der Waals surface area contributed by atoms with Crippen molar-refractivity contribution in [3.8, 4) is 0 Å². The molecule has 5 rings (SSSR count). The highest BCUT2D eigenvalue weighted by molar-refractivity contribution is 7.09. The SMILES string of the molecule is CCN(C(=O)C(NC(=O)C1CC(C)CCN1C)C(C)(CC)CC)C(CC(OC(C)O)c1nc(C(=O)NC2Cc3ccc(NC(O)C(CCCNC(N)=O)NC(=O)C(NC(=O)CCCCCN4C(=O)C=CC4=O)C(C)C)cc3C(C(=O)O)C2)cs1)C(C)C. The summed E-state index contributed by atoms with van der Waals surface area (Å²) in [6.07, 6.45) is 4.39. The van der Waals surface area contributed by atoms with E-state index in [1.54, 1.807) is 42.3 Å². The standard InChI is InChI=1S/C62H97N11O13S/c1-12-62(10,13-2)53(70-56(80)47-29-37(8)25-28-71(47)11)59(82)72(14-3)46(35(4)5)33-48(86-38(9)74)58-68-45(34-87-58)55(79)66-41-30-39-21-22-40(31-42(39)43(32-41)60(83)84)65-54(78)44(19-18-26-64-61(63)85)67-57(81)52(36(6)7)69-49(75)20-16-15-17-27-73-50(76)23-24-51(73)77/h21-24,31,34-38,41,43-44,46-48,52-54,65,74,78H,12-20,25-30,32-33H2,1-11H3,(H,66,79)(H,67,81)(H,69,75)(H,70,80)(H,83,84)(H3,63,64,85). The Kier molecular flexibility index (Phi) is 27.1.